The molecule has 3 N–H and O–H groups in total. The molecular weight excluding hydrogens is 335 g/mol. The number of nitrogens with zero attached hydrogens (tertiary/aromatic N) is 2. The second kappa shape index (κ2) is 5.85. The van der Waals surface area contributed by atoms with E-state index < -0.39 is 11.9 Å². The lowest BCUT2D eigenvalue weighted by Crippen LogP contribution is -2.30. The first-order valence-electron chi connectivity index (χ1n) is 6.31. The minimum Gasteiger partial charge on any atom is -0.271 e. The Morgan fingerprint density at radius 1 is 1.19 bits per heavy atom. The van der Waals surface area contributed by atoms with Crippen molar-refractivity contribution in [3.63, 3.8) is 0 Å². The molecule has 6 heteroatoms. The van der Waals surface area contributed by atoms with Crippen LogP contribution in [0, 0.1) is 5.82 Å². The first-order valence-corrected chi connectivity index (χ1v) is 7.10. The van der Waals surface area contributed by atoms with Crippen LogP contribution in [0.2, 0.25) is 0 Å². The summed E-state index contributed by atoms with van der Waals surface area (Å²) in [6.45, 7) is 0. The van der Waals surface area contributed by atoms with Gasteiger partial charge in [0.15, 0.2) is 0 Å². The van der Waals surface area contributed by atoms with Crippen LogP contribution in [0.4, 0.5) is 4.39 Å². The normalized spacial score (nSPS) is 12.5. The van der Waals surface area contributed by atoms with Gasteiger partial charge in [0.1, 0.15) is 5.82 Å². The van der Waals surface area contributed by atoms with Gasteiger partial charge in [0.05, 0.1) is 23.4 Å². The summed E-state index contributed by atoms with van der Waals surface area (Å²) in [4.78, 5) is 8.47. The number of halogens is 2. The maximum atomic E-state index is 13.4. The lowest BCUT2D eigenvalue weighted by Gasteiger charge is -2.17. The molecule has 0 amide bonds. The molecule has 0 aliphatic rings. The highest BCUT2D eigenvalue weighted by Crippen LogP contribution is 2.29. The topological polar surface area (TPSA) is 63.8 Å². The Morgan fingerprint density at radius 3 is 2.76 bits per heavy atom. The minimum absolute atomic E-state index is 0.412. The molecule has 0 spiro atoms. The van der Waals surface area contributed by atoms with Gasteiger partial charge in [-0.05, 0) is 39.7 Å². The van der Waals surface area contributed by atoms with Gasteiger partial charge in [0.25, 0.3) is 0 Å². The molecule has 2 heterocycles. The minimum atomic E-state index is -0.452. The lowest BCUT2D eigenvalue weighted by molar-refractivity contribution is 0.591. The van der Waals surface area contributed by atoms with Gasteiger partial charge in [-0.2, -0.15) is 0 Å². The van der Waals surface area contributed by atoms with Gasteiger partial charge in [-0.1, -0.05) is 18.2 Å². The third-order valence-electron chi connectivity index (χ3n) is 3.20. The summed E-state index contributed by atoms with van der Waals surface area (Å²) in [6, 6.07) is 10.7. The molecule has 0 saturated heterocycles. The third kappa shape index (κ3) is 2.78. The molecule has 1 aromatic carbocycles. The summed E-state index contributed by atoms with van der Waals surface area (Å²) < 4.78 is 14.2. The quantitative estimate of drug-likeness (QED) is 0.565. The standard InChI is InChI=1S/C15H12BrFN4/c16-12-6-9-3-1-2-4-13(9)20-15(12)14(21-18)10-5-11(17)8-19-7-10/h1-8,14,21H,18H2. The summed E-state index contributed by atoms with van der Waals surface area (Å²) in [5.74, 6) is 5.23. The zero-order valence-electron chi connectivity index (χ0n) is 10.9. The molecule has 0 saturated carbocycles. The predicted molar refractivity (Wildman–Crippen MR) is 82.8 cm³/mol. The number of nitrogens with one attached hydrogen (secondary N) is 1. The number of hydrogen-bond acceptors (Lipinski definition) is 4. The maximum Gasteiger partial charge on any atom is 0.141 e. The van der Waals surface area contributed by atoms with Crippen LogP contribution < -0.4 is 11.3 Å². The first kappa shape index (κ1) is 14.1. The van der Waals surface area contributed by atoms with Crippen molar-refractivity contribution in [2.45, 2.75) is 6.04 Å². The van der Waals surface area contributed by atoms with Crippen molar-refractivity contribution in [2.24, 2.45) is 5.84 Å². The van der Waals surface area contributed by atoms with Crippen LogP contribution in [0.15, 0.2) is 53.3 Å². The molecule has 0 aliphatic carbocycles. The average Bonchev–Trinajstić information content (AvgIpc) is 2.48. The Morgan fingerprint density at radius 2 is 2.00 bits per heavy atom. The van der Waals surface area contributed by atoms with E-state index in [0.29, 0.717) is 11.3 Å². The number of hydrazine groups is 1. The second-order valence-corrected chi connectivity index (χ2v) is 5.44. The van der Waals surface area contributed by atoms with Crippen molar-refractivity contribution >= 4 is 26.8 Å². The van der Waals surface area contributed by atoms with Gasteiger partial charge >= 0.3 is 0 Å². The van der Waals surface area contributed by atoms with E-state index >= 15 is 0 Å². The fourth-order valence-corrected chi connectivity index (χ4v) is 2.79. The molecule has 0 aliphatic heterocycles. The molecule has 1 atom stereocenters. The number of aromatic nitrogens is 2. The van der Waals surface area contributed by atoms with E-state index in [1.54, 1.807) is 6.20 Å². The van der Waals surface area contributed by atoms with Crippen LogP contribution in [0.5, 0.6) is 0 Å². The SMILES string of the molecule is NNC(c1cncc(F)c1)c1nc2ccccc2cc1Br. The number of rotatable bonds is 3. The molecule has 4 nitrogen and oxygen atoms in total. The number of benzene rings is 1. The third-order valence-corrected chi connectivity index (χ3v) is 3.84. The maximum absolute atomic E-state index is 13.4. The monoisotopic (exact) mass is 346 g/mol. The van der Waals surface area contributed by atoms with Gasteiger partial charge in [-0.3, -0.25) is 10.8 Å². The molecule has 3 aromatic rings. The Labute approximate surface area is 129 Å². The van der Waals surface area contributed by atoms with E-state index in [1.165, 1.54) is 6.07 Å². The van der Waals surface area contributed by atoms with Crippen molar-refractivity contribution in [3.8, 4) is 0 Å². The second-order valence-electron chi connectivity index (χ2n) is 4.58. The van der Waals surface area contributed by atoms with Crippen LogP contribution in [0.25, 0.3) is 10.9 Å². The highest BCUT2D eigenvalue weighted by atomic mass is 79.9. The van der Waals surface area contributed by atoms with E-state index in [9.17, 15) is 4.39 Å². The summed E-state index contributed by atoms with van der Waals surface area (Å²) >= 11 is 3.50. The fraction of sp³-hybridized carbons (Fsp3) is 0.0667. The first-order chi connectivity index (χ1) is 10.2. The molecule has 0 fully saturated rings. The number of fused-ring (bicyclic) bond motifs is 1. The van der Waals surface area contributed by atoms with Crippen molar-refractivity contribution < 1.29 is 4.39 Å². The Balaban J connectivity index is 2.14. The van der Waals surface area contributed by atoms with Crippen LogP contribution in [-0.2, 0) is 0 Å². The highest BCUT2D eigenvalue weighted by Gasteiger charge is 2.18. The number of hydrogen-bond donors (Lipinski definition) is 2. The van der Waals surface area contributed by atoms with E-state index in [-0.39, 0.29) is 0 Å². The molecule has 2 aromatic heterocycles. The molecular formula is C15H12BrFN4. The Bertz CT molecular complexity index is 793. The number of para-hydroxylation sites is 1. The molecule has 3 rings (SSSR count). The van der Waals surface area contributed by atoms with Gasteiger partial charge in [-0.15, -0.1) is 0 Å². The van der Waals surface area contributed by atoms with Crippen molar-refractivity contribution in [3.05, 3.63) is 70.3 Å². The average molecular weight is 347 g/mol. The van der Waals surface area contributed by atoms with Gasteiger partial charge in [-0.25, -0.2) is 14.8 Å². The fourth-order valence-electron chi connectivity index (χ4n) is 2.23. The van der Waals surface area contributed by atoms with Crippen LogP contribution in [0.3, 0.4) is 0 Å². The summed E-state index contributed by atoms with van der Waals surface area (Å²) in [6.07, 6.45) is 2.72. The van der Waals surface area contributed by atoms with Crippen LogP contribution >= 0.6 is 15.9 Å². The van der Waals surface area contributed by atoms with Crippen molar-refractivity contribution in [1.29, 1.82) is 0 Å². The molecule has 1 unspecified atom stereocenters. The molecule has 0 bridgehead atoms. The molecule has 106 valence electrons. The Hall–Kier alpha value is -1.89. The van der Waals surface area contributed by atoms with Crippen LogP contribution in [-0.4, -0.2) is 9.97 Å². The summed E-state index contributed by atoms with van der Waals surface area (Å²) in [5, 5.41) is 1.02. The lowest BCUT2D eigenvalue weighted by atomic mass is 10.0. The van der Waals surface area contributed by atoms with Crippen molar-refractivity contribution in [2.75, 3.05) is 0 Å². The summed E-state index contributed by atoms with van der Waals surface area (Å²) in [7, 11) is 0. The predicted octanol–water partition coefficient (Wildman–Crippen LogP) is 3.08. The van der Waals surface area contributed by atoms with Gasteiger partial charge in [0.2, 0.25) is 0 Å². The van der Waals surface area contributed by atoms with E-state index in [2.05, 4.69) is 31.3 Å². The van der Waals surface area contributed by atoms with Crippen LogP contribution in [0.1, 0.15) is 17.3 Å². The van der Waals surface area contributed by atoms with E-state index in [0.717, 1.165) is 21.6 Å². The van der Waals surface area contributed by atoms with Gasteiger partial charge in [0, 0.05) is 16.1 Å². The number of nitrogens with two attached hydrogens (primary N) is 1. The largest absolute Gasteiger partial charge is 0.271 e. The zero-order chi connectivity index (χ0) is 14.8. The Kier molecular flexibility index (Phi) is 3.92. The zero-order valence-corrected chi connectivity index (χ0v) is 12.5. The molecule has 0 radical (unpaired) electrons. The van der Waals surface area contributed by atoms with E-state index in [4.69, 9.17) is 5.84 Å². The smallest absolute Gasteiger partial charge is 0.141 e. The van der Waals surface area contributed by atoms with Crippen molar-refractivity contribution in [1.82, 2.24) is 15.4 Å². The summed E-state index contributed by atoms with van der Waals surface area (Å²) in [5.41, 5.74) is 4.81. The highest BCUT2D eigenvalue weighted by molar-refractivity contribution is 9.10. The number of pyridine rings is 2. The van der Waals surface area contributed by atoms with Gasteiger partial charge < -0.3 is 0 Å². The molecule has 21 heavy (non-hydrogen) atoms. The van der Waals surface area contributed by atoms with E-state index in [1.807, 2.05) is 30.3 Å².